The van der Waals surface area contributed by atoms with Crippen molar-refractivity contribution in [1.82, 2.24) is 14.5 Å². The molecule has 5 nitrogen and oxygen atoms in total. The number of fused-ring (bicyclic) bond motifs is 1. The summed E-state index contributed by atoms with van der Waals surface area (Å²) in [6.45, 7) is 1.94. The van der Waals surface area contributed by atoms with Crippen LogP contribution in [0, 0.1) is 0 Å². The summed E-state index contributed by atoms with van der Waals surface area (Å²) in [5, 5.41) is 5.98. The number of carbonyl (C=O) groups excluding carboxylic acids is 1. The first-order chi connectivity index (χ1) is 15.5. The second-order valence-electron chi connectivity index (χ2n) is 8.43. The van der Waals surface area contributed by atoms with Gasteiger partial charge in [-0.25, -0.2) is 4.79 Å². The zero-order valence-electron chi connectivity index (χ0n) is 17.8. The molecular formula is C26H24ClN3O2. The second-order valence-corrected chi connectivity index (χ2v) is 8.87. The van der Waals surface area contributed by atoms with Gasteiger partial charge in [-0.15, -0.1) is 0 Å². The molecular weight excluding hydrogens is 422 g/mol. The molecule has 4 aromatic rings. The molecule has 6 heteroatoms. The van der Waals surface area contributed by atoms with Gasteiger partial charge in [0.2, 0.25) is 5.91 Å². The van der Waals surface area contributed by atoms with Crippen molar-refractivity contribution in [2.75, 3.05) is 0 Å². The molecule has 1 atom stereocenters. The minimum Gasteiger partial charge on any atom is -0.348 e. The summed E-state index contributed by atoms with van der Waals surface area (Å²) in [7, 11) is 0. The third-order valence-electron chi connectivity index (χ3n) is 6.01. The number of hydrogen-bond donors (Lipinski definition) is 1. The average molecular weight is 446 g/mol. The molecule has 1 aliphatic carbocycles. The molecule has 1 aliphatic rings. The normalized spacial score (nSPS) is 14.4. The van der Waals surface area contributed by atoms with Crippen LogP contribution < -0.4 is 11.0 Å². The number of amides is 1. The highest BCUT2D eigenvalue weighted by Gasteiger charge is 2.29. The molecule has 0 bridgehead atoms. The number of halogens is 1. The number of nitrogens with one attached hydrogen (secondary N) is 1. The lowest BCUT2D eigenvalue weighted by molar-refractivity contribution is -0.122. The maximum Gasteiger partial charge on any atom is 0.329 e. The summed E-state index contributed by atoms with van der Waals surface area (Å²) < 4.78 is 3.31. The van der Waals surface area contributed by atoms with Crippen molar-refractivity contribution in [1.29, 1.82) is 0 Å². The Hall–Kier alpha value is -3.31. The predicted octanol–water partition coefficient (Wildman–Crippen LogP) is 5.34. The maximum absolute atomic E-state index is 13.1. The van der Waals surface area contributed by atoms with Gasteiger partial charge in [-0.3, -0.25) is 13.9 Å². The minimum atomic E-state index is -0.191. The van der Waals surface area contributed by atoms with E-state index in [2.05, 4.69) is 29.6 Å². The molecule has 0 radical (unpaired) electrons. The van der Waals surface area contributed by atoms with Crippen molar-refractivity contribution >= 4 is 28.3 Å². The number of hydrogen-bond acceptors (Lipinski definition) is 2. The lowest BCUT2D eigenvalue weighted by atomic mass is 10.0. The van der Waals surface area contributed by atoms with Gasteiger partial charge in [0.05, 0.1) is 11.7 Å². The average Bonchev–Trinajstić information content (AvgIpc) is 3.58. The summed E-state index contributed by atoms with van der Waals surface area (Å²) in [4.78, 5) is 25.9. The quantitative estimate of drug-likeness (QED) is 0.435. The Labute approximate surface area is 191 Å². The predicted molar refractivity (Wildman–Crippen MR) is 128 cm³/mol. The summed E-state index contributed by atoms with van der Waals surface area (Å²) in [5.41, 5.74) is 2.62. The van der Waals surface area contributed by atoms with Crippen LogP contribution in [0.15, 0.2) is 77.7 Å². The number of imidazole rings is 1. The summed E-state index contributed by atoms with van der Waals surface area (Å²) >= 11 is 6.02. The van der Waals surface area contributed by atoms with Crippen molar-refractivity contribution in [2.45, 2.75) is 38.4 Å². The molecule has 1 heterocycles. The van der Waals surface area contributed by atoms with Gasteiger partial charge in [0, 0.05) is 17.3 Å². The van der Waals surface area contributed by atoms with Crippen LogP contribution in [0.3, 0.4) is 0 Å². The van der Waals surface area contributed by atoms with Crippen molar-refractivity contribution in [3.63, 3.8) is 0 Å². The van der Waals surface area contributed by atoms with Crippen LogP contribution in [0.5, 0.6) is 0 Å². The van der Waals surface area contributed by atoms with E-state index in [0.717, 1.165) is 40.4 Å². The highest BCUT2D eigenvalue weighted by molar-refractivity contribution is 6.30. The van der Waals surface area contributed by atoms with E-state index in [1.165, 1.54) is 4.57 Å². The molecule has 162 valence electrons. The van der Waals surface area contributed by atoms with Crippen molar-refractivity contribution in [3.8, 4) is 11.3 Å². The first-order valence-electron chi connectivity index (χ1n) is 10.9. The van der Waals surface area contributed by atoms with E-state index in [1.807, 2.05) is 54.0 Å². The van der Waals surface area contributed by atoms with Crippen LogP contribution in [-0.2, 0) is 11.3 Å². The van der Waals surface area contributed by atoms with Gasteiger partial charge in [0.25, 0.3) is 0 Å². The van der Waals surface area contributed by atoms with E-state index in [9.17, 15) is 9.59 Å². The van der Waals surface area contributed by atoms with Crippen LogP contribution in [-0.4, -0.2) is 15.0 Å². The van der Waals surface area contributed by atoms with E-state index in [0.29, 0.717) is 5.02 Å². The van der Waals surface area contributed by atoms with Gasteiger partial charge >= 0.3 is 5.69 Å². The Morgan fingerprint density at radius 3 is 2.50 bits per heavy atom. The zero-order valence-corrected chi connectivity index (χ0v) is 18.5. The molecule has 1 unspecified atom stereocenters. The summed E-state index contributed by atoms with van der Waals surface area (Å²) in [5.74, 6) is -0.191. The van der Waals surface area contributed by atoms with Crippen LogP contribution in [0.1, 0.15) is 37.4 Å². The Kier molecular flexibility index (Phi) is 5.35. The third-order valence-corrected chi connectivity index (χ3v) is 6.26. The standard InChI is InChI=1S/C26H24ClN3O2/c1-17(20-7-6-18-4-2-3-5-21(18)14-20)28-25(31)16-29-15-24(19-8-10-22(27)11-9-19)30(26(29)32)23-12-13-23/h2-11,14-15,17,23H,12-13,16H2,1H3,(H,28,31). The van der Waals surface area contributed by atoms with E-state index in [4.69, 9.17) is 11.6 Å². The molecule has 1 saturated carbocycles. The molecule has 1 aromatic heterocycles. The van der Waals surface area contributed by atoms with Gasteiger partial charge in [-0.2, -0.15) is 0 Å². The number of rotatable bonds is 6. The largest absolute Gasteiger partial charge is 0.348 e. The smallest absolute Gasteiger partial charge is 0.329 e. The number of nitrogens with zero attached hydrogens (tertiary/aromatic N) is 2. The highest BCUT2D eigenvalue weighted by atomic mass is 35.5. The van der Waals surface area contributed by atoms with E-state index >= 15 is 0 Å². The molecule has 3 aromatic carbocycles. The first-order valence-corrected chi connectivity index (χ1v) is 11.2. The van der Waals surface area contributed by atoms with Gasteiger partial charge in [0.1, 0.15) is 6.54 Å². The van der Waals surface area contributed by atoms with Crippen LogP contribution in [0.4, 0.5) is 0 Å². The van der Waals surface area contributed by atoms with Gasteiger partial charge in [-0.1, -0.05) is 60.1 Å². The number of carbonyl (C=O) groups is 1. The molecule has 0 aliphatic heterocycles. The summed E-state index contributed by atoms with van der Waals surface area (Å²) in [6.07, 6.45) is 3.75. The zero-order chi connectivity index (χ0) is 22.2. The molecule has 5 rings (SSSR count). The molecule has 32 heavy (non-hydrogen) atoms. The lowest BCUT2D eigenvalue weighted by Gasteiger charge is -2.15. The van der Waals surface area contributed by atoms with Gasteiger partial charge in [0.15, 0.2) is 0 Å². The van der Waals surface area contributed by atoms with E-state index in [-0.39, 0.29) is 30.2 Å². The molecule has 0 spiro atoms. The fourth-order valence-electron chi connectivity index (χ4n) is 4.14. The topological polar surface area (TPSA) is 56.0 Å². The van der Waals surface area contributed by atoms with Crippen molar-refractivity contribution in [2.24, 2.45) is 0 Å². The summed E-state index contributed by atoms with van der Waals surface area (Å²) in [6, 6.07) is 21.8. The van der Waals surface area contributed by atoms with Crippen molar-refractivity contribution in [3.05, 3.63) is 94.0 Å². The fraction of sp³-hybridized carbons (Fsp3) is 0.231. The van der Waals surface area contributed by atoms with Gasteiger partial charge in [-0.05, 0) is 59.9 Å². The van der Waals surface area contributed by atoms with E-state index in [1.54, 1.807) is 6.20 Å². The Balaban J connectivity index is 1.36. The van der Waals surface area contributed by atoms with Crippen LogP contribution in [0.2, 0.25) is 5.02 Å². The second kappa shape index (κ2) is 8.32. The van der Waals surface area contributed by atoms with E-state index < -0.39 is 0 Å². The first kappa shape index (κ1) is 20.6. The molecule has 1 N–H and O–H groups in total. The number of benzene rings is 3. The minimum absolute atomic E-state index is 0.0168. The SMILES string of the molecule is CC(NC(=O)Cn1cc(-c2ccc(Cl)cc2)n(C2CC2)c1=O)c1ccc2ccccc2c1. The van der Waals surface area contributed by atoms with Crippen LogP contribution in [0.25, 0.3) is 22.0 Å². The monoisotopic (exact) mass is 445 g/mol. The molecule has 1 amide bonds. The van der Waals surface area contributed by atoms with Crippen LogP contribution >= 0.6 is 11.6 Å². The fourth-order valence-corrected chi connectivity index (χ4v) is 4.27. The Morgan fingerprint density at radius 2 is 1.78 bits per heavy atom. The molecule has 1 fully saturated rings. The lowest BCUT2D eigenvalue weighted by Crippen LogP contribution is -2.34. The van der Waals surface area contributed by atoms with Gasteiger partial charge < -0.3 is 5.32 Å². The highest BCUT2D eigenvalue weighted by Crippen LogP contribution is 2.37. The third kappa shape index (κ3) is 4.08. The Morgan fingerprint density at radius 1 is 1.06 bits per heavy atom. The maximum atomic E-state index is 13.1. The molecule has 0 saturated heterocycles. The van der Waals surface area contributed by atoms with Crippen molar-refractivity contribution < 1.29 is 4.79 Å². The Bertz CT molecular complexity index is 1350. The number of aromatic nitrogens is 2.